The first-order chi connectivity index (χ1) is 8.16. The van der Waals surface area contributed by atoms with Gasteiger partial charge < -0.3 is 9.88 Å². The molecule has 0 aliphatic carbocycles. The van der Waals surface area contributed by atoms with Crippen LogP contribution in [0.5, 0.6) is 0 Å². The van der Waals surface area contributed by atoms with E-state index in [4.69, 9.17) is 0 Å². The fourth-order valence-electron chi connectivity index (χ4n) is 1.65. The topological polar surface area (TPSA) is 46.9 Å². The number of carbonyl (C=O) groups is 1. The van der Waals surface area contributed by atoms with Crippen molar-refractivity contribution in [1.29, 1.82) is 0 Å². The van der Waals surface area contributed by atoms with Gasteiger partial charge >= 0.3 is 0 Å². The van der Waals surface area contributed by atoms with E-state index in [1.54, 1.807) is 6.20 Å². The maximum absolute atomic E-state index is 10.8. The summed E-state index contributed by atoms with van der Waals surface area (Å²) in [6.45, 7) is 4.05. The minimum atomic E-state index is -0.0143. The van der Waals surface area contributed by atoms with Crippen LogP contribution in [-0.4, -0.2) is 15.5 Å². The molecule has 0 saturated carbocycles. The maximum atomic E-state index is 10.8. The van der Waals surface area contributed by atoms with E-state index in [9.17, 15) is 4.79 Å². The molecular formula is C13H15N3O. The van der Waals surface area contributed by atoms with Gasteiger partial charge in [0.25, 0.3) is 0 Å². The molecule has 1 amide bonds. The molecule has 0 aliphatic heterocycles. The lowest BCUT2D eigenvalue weighted by molar-refractivity contribution is -0.119. The molecule has 17 heavy (non-hydrogen) atoms. The van der Waals surface area contributed by atoms with Crippen molar-refractivity contribution in [3.05, 3.63) is 48.0 Å². The average molecular weight is 229 g/mol. The van der Waals surface area contributed by atoms with Crippen LogP contribution in [0, 0.1) is 6.92 Å². The molecule has 2 aromatic rings. The lowest BCUT2D eigenvalue weighted by Gasteiger charge is -2.07. The SMILES string of the molecule is CC(=O)NCc1ccc(-n2ccnc2C)cc1. The predicted molar refractivity (Wildman–Crippen MR) is 65.8 cm³/mol. The van der Waals surface area contributed by atoms with E-state index < -0.39 is 0 Å². The second-order valence-electron chi connectivity index (χ2n) is 3.92. The molecule has 0 fully saturated rings. The number of hydrogen-bond donors (Lipinski definition) is 1. The molecule has 0 spiro atoms. The highest BCUT2D eigenvalue weighted by Crippen LogP contribution is 2.11. The van der Waals surface area contributed by atoms with Gasteiger partial charge in [-0.1, -0.05) is 12.1 Å². The number of rotatable bonds is 3. The van der Waals surface area contributed by atoms with Gasteiger partial charge in [0.2, 0.25) is 5.91 Å². The van der Waals surface area contributed by atoms with Crippen molar-refractivity contribution in [3.63, 3.8) is 0 Å². The first kappa shape index (κ1) is 11.4. The van der Waals surface area contributed by atoms with Gasteiger partial charge in [0, 0.05) is 31.5 Å². The van der Waals surface area contributed by atoms with Crippen LogP contribution in [0.2, 0.25) is 0 Å². The number of aryl methyl sites for hydroxylation is 1. The van der Waals surface area contributed by atoms with Crippen LogP contribution in [0.15, 0.2) is 36.7 Å². The molecule has 88 valence electrons. The van der Waals surface area contributed by atoms with Crippen molar-refractivity contribution in [1.82, 2.24) is 14.9 Å². The van der Waals surface area contributed by atoms with Crippen LogP contribution < -0.4 is 5.32 Å². The Morgan fingerprint density at radius 3 is 2.59 bits per heavy atom. The number of imidazole rings is 1. The number of nitrogens with zero attached hydrogens (tertiary/aromatic N) is 2. The van der Waals surface area contributed by atoms with Crippen LogP contribution in [0.1, 0.15) is 18.3 Å². The average Bonchev–Trinajstić information content (AvgIpc) is 2.73. The van der Waals surface area contributed by atoms with Gasteiger partial charge in [-0.25, -0.2) is 4.98 Å². The first-order valence-electron chi connectivity index (χ1n) is 5.50. The highest BCUT2D eigenvalue weighted by atomic mass is 16.1. The fourth-order valence-corrected chi connectivity index (χ4v) is 1.65. The zero-order valence-corrected chi connectivity index (χ0v) is 9.97. The third kappa shape index (κ3) is 2.72. The van der Waals surface area contributed by atoms with Crippen LogP contribution in [-0.2, 0) is 11.3 Å². The Kier molecular flexibility index (Phi) is 3.23. The largest absolute Gasteiger partial charge is 0.352 e. The standard InChI is InChI=1S/C13H15N3O/c1-10-14-7-8-16(10)13-5-3-12(4-6-13)9-15-11(2)17/h3-8H,9H2,1-2H3,(H,15,17). The Labute approximate surface area is 100 Å². The van der Waals surface area contributed by atoms with Crippen LogP contribution in [0.3, 0.4) is 0 Å². The van der Waals surface area contributed by atoms with Gasteiger partial charge in [-0.2, -0.15) is 0 Å². The van der Waals surface area contributed by atoms with Crippen LogP contribution >= 0.6 is 0 Å². The quantitative estimate of drug-likeness (QED) is 0.872. The molecule has 2 rings (SSSR count). The highest BCUT2D eigenvalue weighted by Gasteiger charge is 2.00. The van der Waals surface area contributed by atoms with E-state index in [1.807, 2.05) is 42.0 Å². The summed E-state index contributed by atoms with van der Waals surface area (Å²) in [5, 5.41) is 2.77. The third-order valence-corrected chi connectivity index (χ3v) is 2.58. The Balaban J connectivity index is 2.13. The predicted octanol–water partition coefficient (Wildman–Crippen LogP) is 1.82. The van der Waals surface area contributed by atoms with E-state index in [2.05, 4.69) is 10.3 Å². The van der Waals surface area contributed by atoms with E-state index in [-0.39, 0.29) is 5.91 Å². The van der Waals surface area contributed by atoms with Gasteiger partial charge in [-0.05, 0) is 24.6 Å². The molecule has 1 N–H and O–H groups in total. The smallest absolute Gasteiger partial charge is 0.217 e. The summed E-state index contributed by atoms with van der Waals surface area (Å²) in [7, 11) is 0. The van der Waals surface area contributed by atoms with E-state index in [1.165, 1.54) is 6.92 Å². The summed E-state index contributed by atoms with van der Waals surface area (Å²) in [5.41, 5.74) is 2.16. The molecule has 0 bridgehead atoms. The van der Waals surface area contributed by atoms with Crippen molar-refractivity contribution >= 4 is 5.91 Å². The normalized spacial score (nSPS) is 10.2. The number of nitrogens with one attached hydrogen (secondary N) is 1. The molecule has 1 aromatic heterocycles. The number of hydrogen-bond acceptors (Lipinski definition) is 2. The number of amides is 1. The molecule has 1 heterocycles. The molecule has 0 atom stereocenters. The zero-order valence-electron chi connectivity index (χ0n) is 9.97. The minimum Gasteiger partial charge on any atom is -0.352 e. The third-order valence-electron chi connectivity index (χ3n) is 2.58. The molecular weight excluding hydrogens is 214 g/mol. The molecule has 0 radical (unpaired) electrons. The molecule has 4 heteroatoms. The van der Waals surface area contributed by atoms with Gasteiger partial charge in [0.1, 0.15) is 5.82 Å². The maximum Gasteiger partial charge on any atom is 0.217 e. The Morgan fingerprint density at radius 2 is 2.06 bits per heavy atom. The Hall–Kier alpha value is -2.10. The number of carbonyl (C=O) groups excluding carboxylic acids is 1. The Bertz CT molecular complexity index is 514. The summed E-state index contributed by atoms with van der Waals surface area (Å²) in [4.78, 5) is 15.0. The van der Waals surface area contributed by atoms with Crippen LogP contribution in [0.25, 0.3) is 5.69 Å². The fraction of sp³-hybridized carbons (Fsp3) is 0.231. The molecule has 4 nitrogen and oxygen atoms in total. The number of benzene rings is 1. The lowest BCUT2D eigenvalue weighted by Crippen LogP contribution is -2.18. The Morgan fingerprint density at radius 1 is 1.35 bits per heavy atom. The van der Waals surface area contributed by atoms with Crippen molar-refractivity contribution in [3.8, 4) is 5.69 Å². The minimum absolute atomic E-state index is 0.0143. The van der Waals surface area contributed by atoms with Crippen molar-refractivity contribution in [2.45, 2.75) is 20.4 Å². The van der Waals surface area contributed by atoms with Gasteiger partial charge in [-0.3, -0.25) is 4.79 Å². The van der Waals surface area contributed by atoms with Crippen LogP contribution in [0.4, 0.5) is 0 Å². The van der Waals surface area contributed by atoms with Gasteiger partial charge in [-0.15, -0.1) is 0 Å². The molecule has 0 aliphatic rings. The van der Waals surface area contributed by atoms with E-state index in [0.29, 0.717) is 6.54 Å². The van der Waals surface area contributed by atoms with Crippen molar-refractivity contribution in [2.75, 3.05) is 0 Å². The summed E-state index contributed by atoms with van der Waals surface area (Å²) in [6.07, 6.45) is 3.71. The molecule has 0 saturated heterocycles. The molecule has 1 aromatic carbocycles. The number of aromatic nitrogens is 2. The summed E-state index contributed by atoms with van der Waals surface area (Å²) in [5.74, 6) is 0.944. The molecule has 0 unspecified atom stereocenters. The van der Waals surface area contributed by atoms with Crippen molar-refractivity contribution < 1.29 is 4.79 Å². The summed E-state index contributed by atoms with van der Waals surface area (Å²) < 4.78 is 2.02. The highest BCUT2D eigenvalue weighted by molar-refractivity contribution is 5.72. The van der Waals surface area contributed by atoms with Crippen molar-refractivity contribution in [2.24, 2.45) is 0 Å². The summed E-state index contributed by atoms with van der Waals surface area (Å²) >= 11 is 0. The van der Waals surface area contributed by atoms with Gasteiger partial charge in [0.05, 0.1) is 0 Å². The lowest BCUT2D eigenvalue weighted by atomic mass is 10.2. The van der Waals surface area contributed by atoms with E-state index in [0.717, 1.165) is 17.1 Å². The first-order valence-corrected chi connectivity index (χ1v) is 5.50. The summed E-state index contributed by atoms with van der Waals surface area (Å²) in [6, 6.07) is 8.05. The second-order valence-corrected chi connectivity index (χ2v) is 3.92. The van der Waals surface area contributed by atoms with E-state index >= 15 is 0 Å². The second kappa shape index (κ2) is 4.82. The van der Waals surface area contributed by atoms with Gasteiger partial charge in [0.15, 0.2) is 0 Å². The monoisotopic (exact) mass is 229 g/mol. The zero-order chi connectivity index (χ0) is 12.3.